The molecule has 0 bridgehead atoms. The quantitative estimate of drug-likeness (QED) is 0.434. The molecule has 8 heteroatoms. The summed E-state index contributed by atoms with van der Waals surface area (Å²) >= 11 is 0. The van der Waals surface area contributed by atoms with Crippen LogP contribution >= 0.6 is 0 Å². The van der Waals surface area contributed by atoms with Gasteiger partial charge >= 0.3 is 57.4 Å². The number of aliphatic carboxylic acids is 1. The van der Waals surface area contributed by atoms with Crippen molar-refractivity contribution in [1.29, 1.82) is 0 Å². The number of hydrogen-bond donors (Lipinski definition) is 2. The molecule has 0 aliphatic heterocycles. The predicted molar refractivity (Wildman–Crippen MR) is 68.8 cm³/mol. The maximum absolute atomic E-state index is 11.3. The molecule has 1 aromatic carbocycles. The Morgan fingerprint density at radius 3 is 2.55 bits per heavy atom. The summed E-state index contributed by atoms with van der Waals surface area (Å²) in [4.78, 5) is 25.5. The van der Waals surface area contributed by atoms with E-state index in [0.29, 0.717) is 5.56 Å². The van der Waals surface area contributed by atoms with Crippen molar-refractivity contribution in [1.82, 2.24) is 5.32 Å². The van der Waals surface area contributed by atoms with E-state index in [9.17, 15) is 14.7 Å². The number of nitrogens with one attached hydrogen (secondary N) is 1. The van der Waals surface area contributed by atoms with Gasteiger partial charge in [-0.3, -0.25) is 9.79 Å². The minimum Gasteiger partial charge on any atom is -0.872 e. The minimum atomic E-state index is -1.20. The van der Waals surface area contributed by atoms with Crippen LogP contribution in [0.25, 0.3) is 0 Å². The number of carboxylic acids is 1. The number of nitrogens with zero attached hydrogens (tertiary/aromatic N) is 1. The molecule has 0 aliphatic carbocycles. The zero-order valence-corrected chi connectivity index (χ0v) is 18.0. The summed E-state index contributed by atoms with van der Waals surface area (Å²) in [5, 5.41) is 22.0. The topological polar surface area (TPSA) is 102 Å². The van der Waals surface area contributed by atoms with Crippen LogP contribution in [0.15, 0.2) is 29.3 Å². The molecule has 20 heavy (non-hydrogen) atoms. The third-order valence-corrected chi connectivity index (χ3v) is 2.03. The van der Waals surface area contributed by atoms with Gasteiger partial charge < -0.3 is 15.5 Å². The van der Waals surface area contributed by atoms with Gasteiger partial charge in [-0.15, -0.1) is 5.75 Å². The molecule has 6 nitrogen and oxygen atoms in total. The third kappa shape index (κ3) is 9.03. The Morgan fingerprint density at radius 1 is 1.40 bits per heavy atom. The van der Waals surface area contributed by atoms with E-state index >= 15 is 0 Å². The van der Waals surface area contributed by atoms with Gasteiger partial charge in [0, 0.05) is 57.6 Å². The molecular formula is C12H12K2N2O4. The fourth-order valence-corrected chi connectivity index (χ4v) is 1.12. The van der Waals surface area contributed by atoms with Crippen LogP contribution in [-0.4, -0.2) is 81.1 Å². The second kappa shape index (κ2) is 12.4. The number of carbonyl (C=O) groups excluding carboxylic acids is 1. The van der Waals surface area contributed by atoms with Gasteiger partial charge in [-0.25, -0.2) is 4.79 Å². The number of benzene rings is 1. The zero-order chi connectivity index (χ0) is 13.5. The predicted octanol–water partition coefficient (Wildman–Crippen LogP) is -3.45. The summed E-state index contributed by atoms with van der Waals surface area (Å²) in [5.41, 5.74) is 0.379. The Balaban J connectivity index is 0. The van der Waals surface area contributed by atoms with Crippen molar-refractivity contribution in [3.8, 4) is 5.75 Å². The van der Waals surface area contributed by atoms with Crippen molar-refractivity contribution in [3.63, 3.8) is 0 Å². The van der Waals surface area contributed by atoms with Gasteiger partial charge in [0.25, 0.3) is 0 Å². The van der Waals surface area contributed by atoms with E-state index in [2.05, 4.69) is 10.3 Å². The number of amides is 1. The molecule has 1 amide bonds. The molecule has 0 saturated heterocycles. The van der Waals surface area contributed by atoms with Crippen LogP contribution < -0.4 is 61.8 Å². The average Bonchev–Trinajstić information content (AvgIpc) is 2.31. The number of hydrogen-bond acceptors (Lipinski definition) is 4. The summed E-state index contributed by atoms with van der Waals surface area (Å²) in [7, 11) is 0. The minimum absolute atomic E-state index is 0. The van der Waals surface area contributed by atoms with E-state index in [1.54, 1.807) is 18.2 Å². The third-order valence-electron chi connectivity index (χ3n) is 2.03. The summed E-state index contributed by atoms with van der Waals surface area (Å²) in [5.74, 6) is -1.93. The van der Waals surface area contributed by atoms with E-state index in [4.69, 9.17) is 5.11 Å². The maximum atomic E-state index is 11.3. The molecule has 2 N–H and O–H groups in total. The van der Waals surface area contributed by atoms with Crippen molar-refractivity contribution in [2.45, 2.75) is 6.92 Å². The van der Waals surface area contributed by atoms with Crippen molar-refractivity contribution in [2.24, 2.45) is 4.99 Å². The van der Waals surface area contributed by atoms with Crippen molar-refractivity contribution in [2.75, 3.05) is 6.54 Å². The van der Waals surface area contributed by atoms with E-state index in [0.717, 1.165) is 0 Å². The first-order valence-electron chi connectivity index (χ1n) is 5.13. The van der Waals surface area contributed by atoms with Gasteiger partial charge in [0.1, 0.15) is 6.54 Å². The molecule has 0 heterocycles. The van der Waals surface area contributed by atoms with Crippen LogP contribution in [0.2, 0.25) is 0 Å². The number of para-hydroxylation sites is 1. The van der Waals surface area contributed by atoms with Crippen LogP contribution in [0, 0.1) is 6.04 Å². The first-order chi connectivity index (χ1) is 8.50. The van der Waals surface area contributed by atoms with Crippen molar-refractivity contribution >= 4 is 69.5 Å². The van der Waals surface area contributed by atoms with Gasteiger partial charge in [-0.05, 0) is 12.5 Å². The van der Waals surface area contributed by atoms with Crippen LogP contribution in [0.5, 0.6) is 5.75 Å². The van der Waals surface area contributed by atoms with Gasteiger partial charge in [0.2, 0.25) is 5.91 Å². The monoisotopic (exact) mass is 326 g/mol. The molecule has 0 spiro atoms. The molecule has 96 valence electrons. The maximum Gasteiger partial charge on any atom is 1.00 e. The van der Waals surface area contributed by atoms with E-state index in [-0.39, 0.29) is 121 Å². The Morgan fingerprint density at radius 2 is 2.00 bits per heavy atom. The molecular weight excluding hydrogens is 314 g/mol. The second-order valence-electron chi connectivity index (χ2n) is 3.49. The number of carbonyl (C=O) groups is 2. The smallest absolute Gasteiger partial charge is 0.872 e. The normalized spacial score (nSPS) is 9.70. The molecule has 0 saturated carbocycles. The molecule has 0 atom stereocenters. The molecule has 0 fully saturated rings. The van der Waals surface area contributed by atoms with E-state index in [1.807, 2.05) is 0 Å². The Kier molecular flexibility index (Phi) is 14.4. The zero-order valence-electron chi connectivity index (χ0n) is 11.7. The summed E-state index contributed by atoms with van der Waals surface area (Å²) in [6.45, 7) is 1.04. The van der Waals surface area contributed by atoms with Gasteiger partial charge in [0.05, 0.1) is 0 Å². The fourth-order valence-electron chi connectivity index (χ4n) is 1.12. The number of carboxylic acid groups (broad SMARTS) is 1. The number of aliphatic imine (C=N–C) groups is 1. The summed E-state index contributed by atoms with van der Waals surface area (Å²) in [6.07, 6.45) is 1.29. The second-order valence-corrected chi connectivity index (χ2v) is 3.49. The summed E-state index contributed by atoms with van der Waals surface area (Å²) < 4.78 is 0. The molecule has 1 rings (SSSR count). The number of rotatable bonds is 5. The Hall–Kier alpha value is 0.903. The van der Waals surface area contributed by atoms with Gasteiger partial charge in [-0.1, -0.05) is 24.3 Å². The Bertz CT molecular complexity index is 480. The SMILES string of the molecule is C[C](NC(=O)CN=Cc1ccccc1[O-])C(=O)O.[K+].[K]. The molecule has 0 aliphatic rings. The van der Waals surface area contributed by atoms with Crippen molar-refractivity contribution < 1.29 is 71.2 Å². The molecule has 0 aromatic heterocycles. The fraction of sp³-hybridized carbons (Fsp3) is 0.167. The largest absolute Gasteiger partial charge is 1.00 e. The van der Waals surface area contributed by atoms with Gasteiger partial charge in [-0.2, -0.15) is 0 Å². The summed E-state index contributed by atoms with van der Waals surface area (Å²) in [6, 6.07) is 6.10. The molecule has 1 aromatic rings. The standard InChI is InChI=1S/C12H13N2O4.2K/c1-8(12(17)18)14-11(16)7-13-6-9-4-2-3-5-10(9)15;;/h2-6,15H,7H2,1H3,(H,14,16)(H,17,18);;/q;;+1/p-1. The van der Waals surface area contributed by atoms with Crippen LogP contribution in [-0.2, 0) is 9.59 Å². The van der Waals surface area contributed by atoms with Crippen LogP contribution in [0.1, 0.15) is 12.5 Å². The van der Waals surface area contributed by atoms with E-state index in [1.165, 1.54) is 19.2 Å². The first kappa shape index (κ1) is 23.2. The molecule has 2 radical (unpaired) electrons. The average molecular weight is 326 g/mol. The van der Waals surface area contributed by atoms with Crippen LogP contribution in [0.4, 0.5) is 0 Å². The van der Waals surface area contributed by atoms with Crippen molar-refractivity contribution in [3.05, 3.63) is 35.9 Å². The first-order valence-corrected chi connectivity index (χ1v) is 5.13. The van der Waals surface area contributed by atoms with Crippen LogP contribution in [0.3, 0.4) is 0 Å². The van der Waals surface area contributed by atoms with E-state index < -0.39 is 11.9 Å². The van der Waals surface area contributed by atoms with Gasteiger partial charge in [0.15, 0.2) is 6.04 Å². The molecule has 0 unspecified atom stereocenters. The Labute approximate surface area is 202 Å².